The predicted octanol–water partition coefficient (Wildman–Crippen LogP) is 5.34. The number of hydrogen-bond donors (Lipinski definition) is 0. The van der Waals surface area contributed by atoms with Crippen LogP contribution in [0.4, 0.5) is 0 Å². The summed E-state index contributed by atoms with van der Waals surface area (Å²) in [5.41, 5.74) is 1.93. The summed E-state index contributed by atoms with van der Waals surface area (Å²) in [6, 6.07) is 2.03. The van der Waals surface area contributed by atoms with Gasteiger partial charge >= 0.3 is 0 Å². The van der Waals surface area contributed by atoms with Crippen molar-refractivity contribution in [1.82, 2.24) is 14.5 Å². The number of fused-ring (bicyclic) bond motifs is 1. The van der Waals surface area contributed by atoms with E-state index in [1.54, 1.807) is 0 Å². The van der Waals surface area contributed by atoms with Crippen molar-refractivity contribution in [2.75, 3.05) is 5.88 Å². The first-order valence-electron chi connectivity index (χ1n) is 7.83. The van der Waals surface area contributed by atoms with Gasteiger partial charge in [0.05, 0.1) is 0 Å². The first-order valence-corrected chi connectivity index (χ1v) is 9.15. The predicted molar refractivity (Wildman–Crippen MR) is 93.0 cm³/mol. The van der Waals surface area contributed by atoms with Crippen molar-refractivity contribution in [3.63, 3.8) is 0 Å². The van der Waals surface area contributed by atoms with Gasteiger partial charge in [-0.1, -0.05) is 39.0 Å². The van der Waals surface area contributed by atoms with E-state index in [-0.39, 0.29) is 0 Å². The maximum Gasteiger partial charge on any atom is 0.160 e. The summed E-state index contributed by atoms with van der Waals surface area (Å²) < 4.78 is 3.21. The number of imidazole rings is 1. The summed E-state index contributed by atoms with van der Waals surface area (Å²) in [6.45, 7) is 3.24. The molecule has 21 heavy (non-hydrogen) atoms. The van der Waals surface area contributed by atoms with Gasteiger partial charge in [0.2, 0.25) is 0 Å². The van der Waals surface area contributed by atoms with Gasteiger partial charge in [0.15, 0.2) is 5.65 Å². The number of hydrogen-bond acceptors (Lipinski definition) is 2. The third-order valence-electron chi connectivity index (χ3n) is 3.68. The molecule has 0 aromatic carbocycles. The Morgan fingerprint density at radius 1 is 1.19 bits per heavy atom. The van der Waals surface area contributed by atoms with Gasteiger partial charge in [-0.05, 0) is 28.4 Å². The lowest BCUT2D eigenvalue weighted by Crippen LogP contribution is -2.05. The maximum absolute atomic E-state index is 5.90. The Labute approximate surface area is 140 Å². The van der Waals surface area contributed by atoms with Crippen molar-refractivity contribution in [3.05, 3.63) is 22.6 Å². The first kappa shape index (κ1) is 16.8. The second-order valence-corrected chi connectivity index (χ2v) is 6.68. The van der Waals surface area contributed by atoms with E-state index in [4.69, 9.17) is 11.6 Å². The summed E-state index contributed by atoms with van der Waals surface area (Å²) in [7, 11) is 0. The quantitative estimate of drug-likeness (QED) is 0.439. The molecule has 2 heterocycles. The molecule has 0 saturated carbocycles. The molecular weight excluding hydrogens is 350 g/mol. The molecular formula is C16H23BrClN3. The summed E-state index contributed by atoms with van der Waals surface area (Å²) in [5.74, 6) is 1.65. The van der Waals surface area contributed by atoms with E-state index >= 15 is 0 Å². The van der Waals surface area contributed by atoms with Gasteiger partial charge in [-0.15, -0.1) is 11.6 Å². The Kier molecular flexibility index (Phi) is 6.97. The van der Waals surface area contributed by atoms with Gasteiger partial charge in [-0.25, -0.2) is 9.97 Å². The number of pyridine rings is 1. The van der Waals surface area contributed by atoms with Crippen LogP contribution in [-0.2, 0) is 13.0 Å². The highest BCUT2D eigenvalue weighted by Gasteiger charge is 2.11. The van der Waals surface area contributed by atoms with Gasteiger partial charge in [0, 0.05) is 29.5 Å². The molecule has 0 saturated heterocycles. The second kappa shape index (κ2) is 8.74. The van der Waals surface area contributed by atoms with Crippen LogP contribution < -0.4 is 0 Å². The van der Waals surface area contributed by atoms with E-state index in [1.165, 1.54) is 38.5 Å². The number of unbranched alkanes of at least 4 members (excludes halogenated alkanes) is 5. The average molecular weight is 373 g/mol. The number of aromatic nitrogens is 3. The summed E-state index contributed by atoms with van der Waals surface area (Å²) in [4.78, 5) is 9.20. The second-order valence-electron chi connectivity index (χ2n) is 5.38. The minimum absolute atomic E-state index is 0.598. The third kappa shape index (κ3) is 4.68. The molecule has 0 N–H and O–H groups in total. The Morgan fingerprint density at radius 2 is 1.95 bits per heavy atom. The van der Waals surface area contributed by atoms with Gasteiger partial charge in [0.1, 0.15) is 11.3 Å². The summed E-state index contributed by atoms with van der Waals surface area (Å²) >= 11 is 9.36. The van der Waals surface area contributed by atoms with Gasteiger partial charge in [0.25, 0.3) is 0 Å². The van der Waals surface area contributed by atoms with Crippen molar-refractivity contribution in [1.29, 1.82) is 0 Å². The highest BCUT2D eigenvalue weighted by atomic mass is 79.9. The smallest absolute Gasteiger partial charge is 0.160 e. The number of nitrogens with zero attached hydrogens (tertiary/aromatic N) is 3. The minimum Gasteiger partial charge on any atom is -0.313 e. The van der Waals surface area contributed by atoms with E-state index in [0.29, 0.717) is 5.88 Å². The Hall–Kier alpha value is -0.610. The molecule has 0 fully saturated rings. The molecule has 0 aliphatic carbocycles. The van der Waals surface area contributed by atoms with Crippen LogP contribution in [0.5, 0.6) is 0 Å². The topological polar surface area (TPSA) is 30.7 Å². The van der Waals surface area contributed by atoms with Crippen molar-refractivity contribution in [2.24, 2.45) is 0 Å². The number of aryl methyl sites for hydroxylation is 2. The third-order valence-corrected chi connectivity index (χ3v) is 4.31. The molecule has 0 bridgehead atoms. The number of halogens is 2. The fourth-order valence-electron chi connectivity index (χ4n) is 2.59. The van der Waals surface area contributed by atoms with Crippen molar-refractivity contribution < 1.29 is 0 Å². The van der Waals surface area contributed by atoms with Crippen LogP contribution in [0.3, 0.4) is 0 Å². The highest BCUT2D eigenvalue weighted by Crippen LogP contribution is 2.20. The molecule has 5 heteroatoms. The SMILES string of the molecule is CCCCCCCCn1c(CCCl)nc2cc(Br)cnc21. The molecule has 0 unspecified atom stereocenters. The van der Waals surface area contributed by atoms with Crippen molar-refractivity contribution >= 4 is 38.7 Å². The normalized spacial score (nSPS) is 11.4. The number of rotatable bonds is 9. The van der Waals surface area contributed by atoms with Crippen LogP contribution in [0, 0.1) is 0 Å². The molecule has 0 radical (unpaired) electrons. The molecule has 0 atom stereocenters. The highest BCUT2D eigenvalue weighted by molar-refractivity contribution is 9.10. The Balaban J connectivity index is 2.04. The van der Waals surface area contributed by atoms with Gasteiger partial charge < -0.3 is 4.57 Å². The standard InChI is InChI=1S/C16H23BrClN3/c1-2-3-4-5-6-7-10-21-15(8-9-18)20-14-11-13(17)12-19-16(14)21/h11-12H,2-10H2,1H3. The molecule has 0 spiro atoms. The van der Waals surface area contributed by atoms with Gasteiger partial charge in [-0.3, -0.25) is 0 Å². The van der Waals surface area contributed by atoms with E-state index in [2.05, 4.69) is 37.4 Å². The zero-order chi connectivity index (χ0) is 15.1. The van der Waals surface area contributed by atoms with Crippen LogP contribution >= 0.6 is 27.5 Å². The summed E-state index contributed by atoms with van der Waals surface area (Å²) in [6.07, 6.45) is 10.4. The minimum atomic E-state index is 0.598. The molecule has 116 valence electrons. The van der Waals surface area contributed by atoms with Crippen LogP contribution in [0.2, 0.25) is 0 Å². The van der Waals surface area contributed by atoms with Crippen LogP contribution in [-0.4, -0.2) is 20.4 Å². The maximum atomic E-state index is 5.90. The van der Waals surface area contributed by atoms with Crippen molar-refractivity contribution in [2.45, 2.75) is 58.4 Å². The number of alkyl halides is 1. The largest absolute Gasteiger partial charge is 0.313 e. The average Bonchev–Trinajstić information content (AvgIpc) is 2.80. The van der Waals surface area contributed by atoms with Crippen LogP contribution in [0.1, 0.15) is 51.3 Å². The van der Waals surface area contributed by atoms with Crippen LogP contribution in [0.15, 0.2) is 16.7 Å². The molecule has 2 aromatic rings. The van der Waals surface area contributed by atoms with Crippen LogP contribution in [0.25, 0.3) is 11.2 Å². The molecule has 3 nitrogen and oxygen atoms in total. The first-order chi connectivity index (χ1) is 10.3. The molecule has 0 amide bonds. The lowest BCUT2D eigenvalue weighted by atomic mass is 10.1. The lowest BCUT2D eigenvalue weighted by molar-refractivity contribution is 0.553. The zero-order valence-electron chi connectivity index (χ0n) is 12.6. The zero-order valence-corrected chi connectivity index (χ0v) is 15.0. The Bertz CT molecular complexity index is 568. The molecule has 0 aliphatic heterocycles. The molecule has 2 rings (SSSR count). The monoisotopic (exact) mass is 371 g/mol. The fraction of sp³-hybridized carbons (Fsp3) is 0.625. The Morgan fingerprint density at radius 3 is 2.71 bits per heavy atom. The van der Waals surface area contributed by atoms with E-state index in [1.807, 2.05) is 12.3 Å². The summed E-state index contributed by atoms with van der Waals surface area (Å²) in [5, 5.41) is 0. The molecule has 0 aliphatic rings. The molecule has 2 aromatic heterocycles. The van der Waals surface area contributed by atoms with Crippen molar-refractivity contribution in [3.8, 4) is 0 Å². The van der Waals surface area contributed by atoms with Gasteiger partial charge in [-0.2, -0.15) is 0 Å². The lowest BCUT2D eigenvalue weighted by Gasteiger charge is -2.07. The fourth-order valence-corrected chi connectivity index (χ4v) is 3.08. The van der Waals surface area contributed by atoms with E-state index in [9.17, 15) is 0 Å². The van der Waals surface area contributed by atoms with E-state index < -0.39 is 0 Å². The van der Waals surface area contributed by atoms with E-state index in [0.717, 1.165) is 34.4 Å².